The zero-order chi connectivity index (χ0) is 15.4. The van der Waals surface area contributed by atoms with E-state index in [1.165, 1.54) is 0 Å². The summed E-state index contributed by atoms with van der Waals surface area (Å²) in [6.45, 7) is 1.98. The van der Waals surface area contributed by atoms with E-state index in [0.29, 0.717) is 22.8 Å². The molecule has 0 saturated carbocycles. The molecule has 0 aliphatic heterocycles. The zero-order valence-electron chi connectivity index (χ0n) is 12.2. The minimum Gasteiger partial charge on any atom is -0.493 e. The Bertz CT molecular complexity index is 632. The third-order valence-corrected chi connectivity index (χ3v) is 3.40. The van der Waals surface area contributed by atoms with Gasteiger partial charge in [0.25, 0.3) is 0 Å². The first-order valence-corrected chi connectivity index (χ1v) is 6.97. The van der Waals surface area contributed by atoms with Crippen molar-refractivity contribution in [2.75, 3.05) is 26.1 Å². The van der Waals surface area contributed by atoms with Crippen molar-refractivity contribution in [1.29, 1.82) is 0 Å². The molecule has 2 rings (SSSR count). The summed E-state index contributed by atoms with van der Waals surface area (Å²) in [6, 6.07) is 3.43. The minimum absolute atomic E-state index is 0.00685. The Morgan fingerprint density at radius 1 is 1.24 bits per heavy atom. The van der Waals surface area contributed by atoms with Crippen molar-refractivity contribution in [3.05, 3.63) is 17.4 Å². The second-order valence-corrected chi connectivity index (χ2v) is 4.84. The van der Waals surface area contributed by atoms with Crippen molar-refractivity contribution in [1.82, 2.24) is 9.97 Å². The summed E-state index contributed by atoms with van der Waals surface area (Å²) in [6.07, 6.45) is 0.757. The number of nitrogens with one attached hydrogen (secondary N) is 1. The molecule has 0 amide bonds. The maximum atomic E-state index is 9.33. The van der Waals surface area contributed by atoms with Crippen molar-refractivity contribution in [3.63, 3.8) is 0 Å². The van der Waals surface area contributed by atoms with Gasteiger partial charge in [-0.05, 0) is 24.1 Å². The molecule has 0 radical (unpaired) electrons. The largest absolute Gasteiger partial charge is 0.493 e. The standard InChI is InChI=1S/C14H18ClN3O3/c1-4-8(7-19)16-13-9-5-11(20-2)12(21-3)6-10(9)17-14(15)18-13/h5-6,8,19H,4,7H2,1-3H3,(H,16,17,18). The van der Waals surface area contributed by atoms with E-state index in [0.717, 1.165) is 11.8 Å². The Morgan fingerprint density at radius 2 is 1.90 bits per heavy atom. The average Bonchev–Trinajstić information content (AvgIpc) is 2.50. The van der Waals surface area contributed by atoms with Gasteiger partial charge in [-0.3, -0.25) is 0 Å². The third kappa shape index (κ3) is 3.28. The summed E-state index contributed by atoms with van der Waals surface area (Å²) in [4.78, 5) is 8.40. The molecular formula is C14H18ClN3O3. The zero-order valence-corrected chi connectivity index (χ0v) is 12.9. The van der Waals surface area contributed by atoms with E-state index in [1.807, 2.05) is 6.92 Å². The second kappa shape index (κ2) is 6.78. The summed E-state index contributed by atoms with van der Waals surface area (Å²) >= 11 is 5.97. The first-order valence-electron chi connectivity index (χ1n) is 6.59. The highest BCUT2D eigenvalue weighted by Gasteiger charge is 2.14. The summed E-state index contributed by atoms with van der Waals surface area (Å²) in [5.74, 6) is 1.71. The van der Waals surface area contributed by atoms with Crippen LogP contribution < -0.4 is 14.8 Å². The van der Waals surface area contributed by atoms with Gasteiger partial charge in [0.15, 0.2) is 11.5 Å². The Kier molecular flexibility index (Phi) is 5.03. The van der Waals surface area contributed by atoms with Crippen LogP contribution in [0.5, 0.6) is 11.5 Å². The number of nitrogens with zero attached hydrogens (tertiary/aromatic N) is 2. The van der Waals surface area contributed by atoms with Crippen molar-refractivity contribution in [2.45, 2.75) is 19.4 Å². The fourth-order valence-electron chi connectivity index (χ4n) is 2.01. The van der Waals surface area contributed by atoms with Gasteiger partial charge in [0.05, 0.1) is 32.4 Å². The molecule has 114 valence electrons. The van der Waals surface area contributed by atoms with Gasteiger partial charge < -0.3 is 19.9 Å². The van der Waals surface area contributed by atoms with E-state index in [4.69, 9.17) is 21.1 Å². The molecule has 6 nitrogen and oxygen atoms in total. The van der Waals surface area contributed by atoms with E-state index in [1.54, 1.807) is 26.4 Å². The lowest BCUT2D eigenvalue weighted by atomic mass is 10.2. The monoisotopic (exact) mass is 311 g/mol. The van der Waals surface area contributed by atoms with Gasteiger partial charge >= 0.3 is 0 Å². The van der Waals surface area contributed by atoms with Crippen LogP contribution in [0.1, 0.15) is 13.3 Å². The summed E-state index contributed by atoms with van der Waals surface area (Å²) in [5.41, 5.74) is 0.642. The lowest BCUT2D eigenvalue weighted by Crippen LogP contribution is -2.23. The number of aromatic nitrogens is 2. The van der Waals surface area contributed by atoms with E-state index in [-0.39, 0.29) is 17.9 Å². The number of fused-ring (bicyclic) bond motifs is 1. The molecule has 1 atom stereocenters. The number of hydrogen-bond acceptors (Lipinski definition) is 6. The van der Waals surface area contributed by atoms with Gasteiger partial charge in [0.1, 0.15) is 5.82 Å². The summed E-state index contributed by atoms with van der Waals surface area (Å²) < 4.78 is 10.6. The van der Waals surface area contributed by atoms with Crippen LogP contribution in [0.4, 0.5) is 5.82 Å². The summed E-state index contributed by atoms with van der Waals surface area (Å²) in [7, 11) is 3.13. The van der Waals surface area contributed by atoms with Crippen molar-refractivity contribution in [3.8, 4) is 11.5 Å². The van der Waals surface area contributed by atoms with Crippen molar-refractivity contribution in [2.24, 2.45) is 0 Å². The molecule has 0 fully saturated rings. The Hall–Kier alpha value is -1.79. The molecular weight excluding hydrogens is 294 g/mol. The van der Waals surface area contributed by atoms with E-state index in [2.05, 4.69) is 15.3 Å². The molecule has 0 spiro atoms. The van der Waals surface area contributed by atoms with Gasteiger partial charge in [-0.2, -0.15) is 0 Å². The average molecular weight is 312 g/mol. The van der Waals surface area contributed by atoms with Crippen LogP contribution in [0, 0.1) is 0 Å². The number of anilines is 1. The molecule has 1 aromatic heterocycles. The van der Waals surface area contributed by atoms with E-state index < -0.39 is 0 Å². The van der Waals surface area contributed by atoms with E-state index >= 15 is 0 Å². The van der Waals surface area contributed by atoms with Gasteiger partial charge in [0, 0.05) is 11.5 Å². The maximum absolute atomic E-state index is 9.33. The van der Waals surface area contributed by atoms with Crippen LogP contribution in [0.25, 0.3) is 10.9 Å². The van der Waals surface area contributed by atoms with E-state index in [9.17, 15) is 5.11 Å². The quantitative estimate of drug-likeness (QED) is 0.798. The topological polar surface area (TPSA) is 76.5 Å². The normalized spacial score (nSPS) is 12.2. The fraction of sp³-hybridized carbons (Fsp3) is 0.429. The molecule has 2 aromatic rings. The second-order valence-electron chi connectivity index (χ2n) is 4.50. The molecule has 0 saturated heterocycles. The molecule has 1 unspecified atom stereocenters. The number of ether oxygens (including phenoxy) is 2. The fourth-order valence-corrected chi connectivity index (χ4v) is 2.18. The van der Waals surface area contributed by atoms with Crippen LogP contribution in [0.2, 0.25) is 5.28 Å². The predicted octanol–water partition coefficient (Wildman–Crippen LogP) is 2.48. The van der Waals surface area contributed by atoms with Crippen molar-refractivity contribution < 1.29 is 14.6 Å². The van der Waals surface area contributed by atoms with Gasteiger partial charge in [-0.1, -0.05) is 6.92 Å². The Morgan fingerprint density at radius 3 is 2.48 bits per heavy atom. The summed E-state index contributed by atoms with van der Waals surface area (Å²) in [5, 5.41) is 13.4. The van der Waals surface area contributed by atoms with Gasteiger partial charge in [0.2, 0.25) is 5.28 Å². The Balaban J connectivity index is 2.58. The minimum atomic E-state index is -0.104. The highest BCUT2D eigenvalue weighted by molar-refractivity contribution is 6.28. The molecule has 1 aromatic carbocycles. The van der Waals surface area contributed by atoms with Gasteiger partial charge in [-0.15, -0.1) is 0 Å². The molecule has 0 aliphatic rings. The lowest BCUT2D eigenvalue weighted by molar-refractivity contribution is 0.271. The smallest absolute Gasteiger partial charge is 0.224 e. The van der Waals surface area contributed by atoms with Crippen LogP contribution in [0.3, 0.4) is 0 Å². The first-order chi connectivity index (χ1) is 10.1. The molecule has 7 heteroatoms. The van der Waals surface area contributed by atoms with Crippen LogP contribution in [-0.4, -0.2) is 41.9 Å². The van der Waals surface area contributed by atoms with Crippen LogP contribution in [-0.2, 0) is 0 Å². The highest BCUT2D eigenvalue weighted by atomic mass is 35.5. The number of halogens is 1. The SMILES string of the molecule is CCC(CO)Nc1nc(Cl)nc2cc(OC)c(OC)cc12. The Labute approximate surface area is 128 Å². The molecule has 0 bridgehead atoms. The third-order valence-electron chi connectivity index (χ3n) is 3.23. The van der Waals surface area contributed by atoms with Crippen molar-refractivity contribution >= 4 is 28.3 Å². The highest BCUT2D eigenvalue weighted by Crippen LogP contribution is 2.34. The maximum Gasteiger partial charge on any atom is 0.224 e. The number of aliphatic hydroxyl groups is 1. The number of benzene rings is 1. The molecule has 0 aliphatic carbocycles. The van der Waals surface area contributed by atoms with Crippen LogP contribution in [0.15, 0.2) is 12.1 Å². The number of rotatable bonds is 6. The number of hydrogen-bond donors (Lipinski definition) is 2. The van der Waals surface area contributed by atoms with Crippen LogP contribution >= 0.6 is 11.6 Å². The van der Waals surface area contributed by atoms with Gasteiger partial charge in [-0.25, -0.2) is 9.97 Å². The lowest BCUT2D eigenvalue weighted by Gasteiger charge is -2.17. The number of aliphatic hydroxyl groups excluding tert-OH is 1. The molecule has 2 N–H and O–H groups in total. The number of methoxy groups -OCH3 is 2. The molecule has 1 heterocycles. The first kappa shape index (κ1) is 15.6. The molecule has 21 heavy (non-hydrogen) atoms. The predicted molar refractivity (Wildman–Crippen MR) is 82.4 cm³/mol.